The number of hydrogen-bond donors (Lipinski definition) is 4. The van der Waals surface area contributed by atoms with Gasteiger partial charge in [0.25, 0.3) is 5.56 Å². The lowest BCUT2D eigenvalue weighted by Crippen LogP contribution is -2.21. The van der Waals surface area contributed by atoms with Crippen molar-refractivity contribution in [2.24, 2.45) is 10.7 Å². The zero-order chi connectivity index (χ0) is 9.14. The van der Waals surface area contributed by atoms with Crippen molar-refractivity contribution in [1.82, 2.24) is 9.97 Å². The molecule has 0 bridgehead atoms. The molecule has 7 nitrogen and oxygen atoms in total. The molecule has 1 heterocycles. The van der Waals surface area contributed by atoms with Gasteiger partial charge in [-0.1, -0.05) is 0 Å². The van der Waals surface area contributed by atoms with Crippen molar-refractivity contribution in [3.63, 3.8) is 0 Å². The van der Waals surface area contributed by atoms with E-state index in [0.717, 1.165) is 6.34 Å². The van der Waals surface area contributed by atoms with Crippen LogP contribution in [0, 0.1) is 0 Å². The van der Waals surface area contributed by atoms with Crippen LogP contribution in [0.5, 0.6) is 5.88 Å². The zero-order valence-electron chi connectivity index (χ0n) is 5.87. The minimum atomic E-state index is -0.798. The predicted octanol–water partition coefficient (Wildman–Crippen LogP) is -1.61. The molecule has 0 aliphatic rings. The SMILES string of the molecule is NC=Nc1c(O)[nH]c(=O)[nH]c1=O. The minimum Gasteiger partial charge on any atom is -0.493 e. The van der Waals surface area contributed by atoms with Crippen LogP contribution in [0.4, 0.5) is 5.69 Å². The molecule has 1 aromatic heterocycles. The molecule has 7 heteroatoms. The highest BCUT2D eigenvalue weighted by Gasteiger charge is 2.04. The summed E-state index contributed by atoms with van der Waals surface area (Å²) in [5.41, 5.74) is 2.98. The molecule has 0 saturated heterocycles. The lowest BCUT2D eigenvalue weighted by Gasteiger charge is -1.93. The van der Waals surface area contributed by atoms with E-state index < -0.39 is 17.1 Å². The lowest BCUT2D eigenvalue weighted by molar-refractivity contribution is 0.450. The van der Waals surface area contributed by atoms with E-state index in [1.54, 1.807) is 0 Å². The van der Waals surface area contributed by atoms with Gasteiger partial charge in [-0.15, -0.1) is 0 Å². The highest BCUT2D eigenvalue weighted by molar-refractivity contribution is 5.60. The maximum atomic E-state index is 10.8. The van der Waals surface area contributed by atoms with E-state index in [1.807, 2.05) is 9.97 Å². The van der Waals surface area contributed by atoms with Gasteiger partial charge in [0.15, 0.2) is 5.69 Å². The van der Waals surface area contributed by atoms with Crippen LogP contribution in [0.15, 0.2) is 14.6 Å². The summed E-state index contributed by atoms with van der Waals surface area (Å²) in [5.74, 6) is -0.606. The van der Waals surface area contributed by atoms with Crippen molar-refractivity contribution in [2.75, 3.05) is 0 Å². The maximum absolute atomic E-state index is 10.8. The number of aromatic nitrogens is 2. The maximum Gasteiger partial charge on any atom is 0.328 e. The molecule has 0 aliphatic heterocycles. The topological polar surface area (TPSA) is 124 Å². The third kappa shape index (κ3) is 1.34. The van der Waals surface area contributed by atoms with Crippen LogP contribution in [0.3, 0.4) is 0 Å². The Labute approximate surface area is 65.6 Å². The Bertz CT molecular complexity index is 415. The summed E-state index contributed by atoms with van der Waals surface area (Å²) >= 11 is 0. The molecule has 0 spiro atoms. The van der Waals surface area contributed by atoms with Gasteiger partial charge >= 0.3 is 5.69 Å². The Hall–Kier alpha value is -2.05. The molecule has 0 fully saturated rings. The van der Waals surface area contributed by atoms with Gasteiger partial charge in [-0.2, -0.15) is 0 Å². The number of nitrogens with two attached hydrogens (primary N) is 1. The fourth-order valence-electron chi connectivity index (χ4n) is 0.662. The molecule has 1 rings (SSSR count). The van der Waals surface area contributed by atoms with Crippen LogP contribution in [-0.2, 0) is 0 Å². The number of aromatic amines is 2. The van der Waals surface area contributed by atoms with Gasteiger partial charge < -0.3 is 10.8 Å². The summed E-state index contributed by atoms with van der Waals surface area (Å²) in [6, 6.07) is 0. The van der Waals surface area contributed by atoms with E-state index in [9.17, 15) is 9.59 Å². The summed E-state index contributed by atoms with van der Waals surface area (Å²) in [7, 11) is 0. The van der Waals surface area contributed by atoms with Gasteiger partial charge in [-0.05, 0) is 0 Å². The van der Waals surface area contributed by atoms with E-state index in [4.69, 9.17) is 10.8 Å². The molecule has 0 atom stereocenters. The second-order valence-corrected chi connectivity index (χ2v) is 1.88. The Morgan fingerprint density at radius 3 is 2.58 bits per heavy atom. The summed E-state index contributed by atoms with van der Waals surface area (Å²) < 4.78 is 0. The van der Waals surface area contributed by atoms with Crippen LogP contribution < -0.4 is 17.0 Å². The smallest absolute Gasteiger partial charge is 0.328 e. The van der Waals surface area contributed by atoms with Gasteiger partial charge in [-0.3, -0.25) is 14.8 Å². The van der Waals surface area contributed by atoms with E-state index >= 15 is 0 Å². The molecule has 0 aromatic carbocycles. The van der Waals surface area contributed by atoms with E-state index in [0.29, 0.717) is 0 Å². The van der Waals surface area contributed by atoms with Crippen molar-refractivity contribution in [2.45, 2.75) is 0 Å². The molecule has 0 unspecified atom stereocenters. The zero-order valence-corrected chi connectivity index (χ0v) is 5.87. The van der Waals surface area contributed by atoms with Crippen molar-refractivity contribution in [3.8, 4) is 5.88 Å². The molecule has 0 aliphatic carbocycles. The van der Waals surface area contributed by atoms with Gasteiger partial charge in [0.05, 0.1) is 6.34 Å². The lowest BCUT2D eigenvalue weighted by atomic mass is 10.5. The normalized spacial score (nSPS) is 10.7. The van der Waals surface area contributed by atoms with Crippen molar-refractivity contribution >= 4 is 12.0 Å². The number of nitrogens with one attached hydrogen (secondary N) is 2. The Kier molecular flexibility index (Phi) is 1.95. The molecule has 1 aromatic rings. The molecular formula is C5H6N4O3. The average molecular weight is 170 g/mol. The first-order valence-corrected chi connectivity index (χ1v) is 2.95. The average Bonchev–Trinajstić information content (AvgIpc) is 1.96. The van der Waals surface area contributed by atoms with Gasteiger partial charge in [0.2, 0.25) is 5.88 Å². The van der Waals surface area contributed by atoms with E-state index in [-0.39, 0.29) is 5.69 Å². The van der Waals surface area contributed by atoms with Crippen molar-refractivity contribution in [1.29, 1.82) is 0 Å². The molecular weight excluding hydrogens is 164 g/mol. The van der Waals surface area contributed by atoms with Crippen LogP contribution in [0.1, 0.15) is 0 Å². The highest BCUT2D eigenvalue weighted by atomic mass is 16.3. The number of hydrogen-bond acceptors (Lipinski definition) is 4. The predicted molar refractivity (Wildman–Crippen MR) is 41.7 cm³/mol. The number of aromatic hydroxyl groups is 1. The quantitative estimate of drug-likeness (QED) is 0.299. The van der Waals surface area contributed by atoms with E-state index in [2.05, 4.69) is 4.99 Å². The molecule has 0 radical (unpaired) electrons. The Morgan fingerprint density at radius 2 is 2.08 bits per heavy atom. The Balaban J connectivity index is 3.49. The molecule has 0 amide bonds. The standard InChI is InChI=1S/C5H6N4O3/c6-1-7-2-3(10)8-5(12)9-4(2)11/h1H,(H2,6,7)(H3,8,9,10,11,12). The van der Waals surface area contributed by atoms with Gasteiger partial charge in [-0.25, -0.2) is 9.79 Å². The monoisotopic (exact) mass is 170 g/mol. The molecule has 12 heavy (non-hydrogen) atoms. The van der Waals surface area contributed by atoms with Gasteiger partial charge in [0.1, 0.15) is 0 Å². The fourth-order valence-corrected chi connectivity index (χ4v) is 0.662. The number of rotatable bonds is 1. The van der Waals surface area contributed by atoms with Crippen LogP contribution >= 0.6 is 0 Å². The summed E-state index contributed by atoms with van der Waals surface area (Å²) in [6.45, 7) is 0. The van der Waals surface area contributed by atoms with Crippen LogP contribution in [-0.4, -0.2) is 21.4 Å². The molecule has 5 N–H and O–H groups in total. The van der Waals surface area contributed by atoms with Gasteiger partial charge in [0, 0.05) is 0 Å². The minimum absolute atomic E-state index is 0.322. The first kappa shape index (κ1) is 8.05. The highest BCUT2D eigenvalue weighted by Crippen LogP contribution is 2.13. The summed E-state index contributed by atoms with van der Waals surface area (Å²) in [6.07, 6.45) is 0.836. The summed E-state index contributed by atoms with van der Waals surface area (Å²) in [4.78, 5) is 28.5. The molecule has 0 saturated carbocycles. The third-order valence-electron chi connectivity index (χ3n) is 1.10. The first-order valence-electron chi connectivity index (χ1n) is 2.95. The first-order chi connectivity index (χ1) is 5.65. The van der Waals surface area contributed by atoms with Crippen LogP contribution in [0.2, 0.25) is 0 Å². The van der Waals surface area contributed by atoms with Crippen LogP contribution in [0.25, 0.3) is 0 Å². The number of nitrogens with zero attached hydrogens (tertiary/aromatic N) is 1. The second kappa shape index (κ2) is 2.91. The number of aliphatic imine (C=N–C) groups is 1. The number of H-pyrrole nitrogens is 2. The second-order valence-electron chi connectivity index (χ2n) is 1.88. The largest absolute Gasteiger partial charge is 0.493 e. The fraction of sp³-hybridized carbons (Fsp3) is 0. The third-order valence-corrected chi connectivity index (χ3v) is 1.10. The summed E-state index contributed by atoms with van der Waals surface area (Å²) in [5, 5.41) is 8.96. The Morgan fingerprint density at radius 1 is 1.42 bits per heavy atom. The van der Waals surface area contributed by atoms with Crippen molar-refractivity contribution < 1.29 is 5.11 Å². The van der Waals surface area contributed by atoms with Crippen molar-refractivity contribution in [3.05, 3.63) is 20.8 Å². The van der Waals surface area contributed by atoms with E-state index in [1.165, 1.54) is 0 Å². The molecule has 64 valence electrons.